The average molecular weight is 265 g/mol. The molecule has 0 amide bonds. The smallest absolute Gasteiger partial charge is 0.341 e. The lowest BCUT2D eigenvalue weighted by Crippen LogP contribution is -2.25. The van der Waals surface area contributed by atoms with Crippen LogP contribution in [0.25, 0.3) is 0 Å². The predicted molar refractivity (Wildman–Crippen MR) is 70.3 cm³/mol. The third kappa shape index (κ3) is 4.89. The predicted octanol–water partition coefficient (Wildman–Crippen LogP) is 1.42. The van der Waals surface area contributed by atoms with Gasteiger partial charge in [-0.1, -0.05) is 12.1 Å². The first-order valence-electron chi connectivity index (χ1n) is 6.50. The van der Waals surface area contributed by atoms with Gasteiger partial charge in [-0.05, 0) is 30.5 Å². The summed E-state index contributed by atoms with van der Waals surface area (Å²) >= 11 is 0. The number of carboxylic acid groups (broad SMARTS) is 1. The molecule has 1 aliphatic heterocycles. The topological polar surface area (TPSA) is 67.8 Å². The number of benzene rings is 1. The van der Waals surface area contributed by atoms with Crippen molar-refractivity contribution >= 4 is 5.97 Å². The van der Waals surface area contributed by atoms with Crippen molar-refractivity contribution in [3.05, 3.63) is 29.8 Å². The number of ether oxygens (including phenoxy) is 2. The molecular formula is C14H19NO4. The van der Waals surface area contributed by atoms with Gasteiger partial charge in [-0.25, -0.2) is 4.79 Å². The average Bonchev–Trinajstić information content (AvgIpc) is 2.90. The van der Waals surface area contributed by atoms with Crippen LogP contribution in [0.15, 0.2) is 24.3 Å². The van der Waals surface area contributed by atoms with Crippen molar-refractivity contribution < 1.29 is 19.4 Å². The maximum absolute atomic E-state index is 10.4. The summed E-state index contributed by atoms with van der Waals surface area (Å²) in [5.74, 6) is -0.388. The van der Waals surface area contributed by atoms with Crippen LogP contribution < -0.4 is 10.1 Å². The fraction of sp³-hybridized carbons (Fsp3) is 0.500. The molecule has 104 valence electrons. The summed E-state index contributed by atoms with van der Waals surface area (Å²) in [5, 5.41) is 11.9. The van der Waals surface area contributed by atoms with E-state index in [1.54, 1.807) is 6.07 Å². The molecule has 1 aromatic rings. The fourth-order valence-electron chi connectivity index (χ4n) is 2.07. The Bertz CT molecular complexity index is 416. The lowest BCUT2D eigenvalue weighted by Gasteiger charge is -2.11. The number of hydrogen-bond acceptors (Lipinski definition) is 4. The zero-order chi connectivity index (χ0) is 13.5. The van der Waals surface area contributed by atoms with Gasteiger partial charge >= 0.3 is 5.97 Å². The Morgan fingerprint density at radius 1 is 1.53 bits per heavy atom. The molecule has 5 nitrogen and oxygen atoms in total. The lowest BCUT2D eigenvalue weighted by atomic mass is 10.2. The third-order valence-corrected chi connectivity index (χ3v) is 2.99. The Morgan fingerprint density at radius 2 is 2.42 bits per heavy atom. The van der Waals surface area contributed by atoms with Crippen LogP contribution in [0.2, 0.25) is 0 Å². The van der Waals surface area contributed by atoms with Gasteiger partial charge in [0.05, 0.1) is 6.10 Å². The van der Waals surface area contributed by atoms with Gasteiger partial charge in [0.15, 0.2) is 6.61 Å². The molecule has 2 rings (SSSR count). The molecule has 0 spiro atoms. The van der Waals surface area contributed by atoms with Crippen LogP contribution in [0.4, 0.5) is 0 Å². The molecule has 2 N–H and O–H groups in total. The molecule has 0 bridgehead atoms. The summed E-state index contributed by atoms with van der Waals surface area (Å²) in [4.78, 5) is 10.4. The van der Waals surface area contributed by atoms with E-state index in [1.165, 1.54) is 0 Å². The van der Waals surface area contributed by atoms with Crippen molar-refractivity contribution in [2.24, 2.45) is 0 Å². The zero-order valence-electron chi connectivity index (χ0n) is 10.8. The van der Waals surface area contributed by atoms with E-state index < -0.39 is 5.97 Å². The van der Waals surface area contributed by atoms with Gasteiger partial charge in [0.25, 0.3) is 0 Å². The van der Waals surface area contributed by atoms with Crippen molar-refractivity contribution in [3.63, 3.8) is 0 Å². The van der Waals surface area contributed by atoms with E-state index in [0.717, 1.165) is 38.1 Å². The number of carboxylic acids is 1. The quantitative estimate of drug-likeness (QED) is 0.780. The van der Waals surface area contributed by atoms with Gasteiger partial charge in [0.2, 0.25) is 0 Å². The second kappa shape index (κ2) is 7.11. The Kier molecular flexibility index (Phi) is 5.18. The van der Waals surface area contributed by atoms with Crippen LogP contribution in [0.5, 0.6) is 5.75 Å². The van der Waals surface area contributed by atoms with Gasteiger partial charge in [-0.3, -0.25) is 0 Å². The highest BCUT2D eigenvalue weighted by atomic mass is 16.5. The minimum atomic E-state index is -0.970. The van der Waals surface area contributed by atoms with Crippen LogP contribution in [-0.2, 0) is 16.1 Å². The summed E-state index contributed by atoms with van der Waals surface area (Å²) in [6, 6.07) is 7.45. The monoisotopic (exact) mass is 265 g/mol. The molecule has 1 fully saturated rings. The Balaban J connectivity index is 1.76. The molecule has 0 saturated carbocycles. The summed E-state index contributed by atoms with van der Waals surface area (Å²) in [7, 11) is 0. The Morgan fingerprint density at radius 3 is 3.16 bits per heavy atom. The molecule has 1 saturated heterocycles. The first kappa shape index (κ1) is 13.8. The first-order valence-corrected chi connectivity index (χ1v) is 6.50. The largest absolute Gasteiger partial charge is 0.482 e. The molecule has 1 atom stereocenters. The van der Waals surface area contributed by atoms with Crippen molar-refractivity contribution in [1.82, 2.24) is 5.32 Å². The summed E-state index contributed by atoms with van der Waals surface area (Å²) in [5.41, 5.74) is 1.07. The van der Waals surface area contributed by atoms with E-state index in [9.17, 15) is 4.79 Å². The number of nitrogens with one attached hydrogen (secondary N) is 1. The van der Waals surface area contributed by atoms with Gasteiger partial charge in [0.1, 0.15) is 5.75 Å². The second-order valence-corrected chi connectivity index (χ2v) is 4.60. The minimum Gasteiger partial charge on any atom is -0.482 e. The summed E-state index contributed by atoms with van der Waals surface area (Å²) in [6.07, 6.45) is 2.59. The van der Waals surface area contributed by atoms with E-state index >= 15 is 0 Å². The van der Waals surface area contributed by atoms with E-state index in [4.69, 9.17) is 14.6 Å². The summed E-state index contributed by atoms with van der Waals surface area (Å²) in [6.45, 7) is 2.13. The lowest BCUT2D eigenvalue weighted by molar-refractivity contribution is -0.139. The molecule has 1 aromatic carbocycles. The number of aliphatic carboxylic acids is 1. The highest BCUT2D eigenvalue weighted by Gasteiger charge is 2.14. The SMILES string of the molecule is O=C(O)COc1cccc(CNC[C@H]2CCCO2)c1. The number of carbonyl (C=O) groups is 1. The number of rotatable bonds is 7. The van der Waals surface area contributed by atoms with E-state index in [-0.39, 0.29) is 6.61 Å². The van der Waals surface area contributed by atoms with Gasteiger partial charge in [-0.2, -0.15) is 0 Å². The zero-order valence-corrected chi connectivity index (χ0v) is 10.8. The highest BCUT2D eigenvalue weighted by Crippen LogP contribution is 2.14. The molecule has 19 heavy (non-hydrogen) atoms. The fourth-order valence-corrected chi connectivity index (χ4v) is 2.07. The van der Waals surface area contributed by atoms with Crippen molar-refractivity contribution in [2.75, 3.05) is 19.8 Å². The van der Waals surface area contributed by atoms with Gasteiger partial charge in [0, 0.05) is 19.7 Å². The van der Waals surface area contributed by atoms with Crippen LogP contribution in [-0.4, -0.2) is 36.9 Å². The van der Waals surface area contributed by atoms with Gasteiger partial charge in [-0.15, -0.1) is 0 Å². The maximum atomic E-state index is 10.4. The van der Waals surface area contributed by atoms with Crippen LogP contribution in [0, 0.1) is 0 Å². The van der Waals surface area contributed by atoms with Gasteiger partial charge < -0.3 is 19.9 Å². The minimum absolute atomic E-state index is 0.313. The second-order valence-electron chi connectivity index (χ2n) is 4.60. The Hall–Kier alpha value is -1.59. The van der Waals surface area contributed by atoms with Crippen LogP contribution in [0.1, 0.15) is 18.4 Å². The molecule has 0 radical (unpaired) electrons. The Labute approximate surface area is 112 Å². The van der Waals surface area contributed by atoms with E-state index in [1.807, 2.05) is 18.2 Å². The normalized spacial score (nSPS) is 18.4. The van der Waals surface area contributed by atoms with Crippen molar-refractivity contribution in [3.8, 4) is 5.75 Å². The highest BCUT2D eigenvalue weighted by molar-refractivity contribution is 5.68. The molecule has 0 unspecified atom stereocenters. The molecular weight excluding hydrogens is 246 g/mol. The van der Waals surface area contributed by atoms with Crippen molar-refractivity contribution in [2.45, 2.75) is 25.5 Å². The van der Waals surface area contributed by atoms with E-state index in [0.29, 0.717) is 11.9 Å². The van der Waals surface area contributed by atoms with E-state index in [2.05, 4.69) is 5.32 Å². The molecule has 0 aromatic heterocycles. The molecule has 5 heteroatoms. The van der Waals surface area contributed by atoms with Crippen LogP contribution in [0.3, 0.4) is 0 Å². The molecule has 0 aliphatic carbocycles. The first-order chi connectivity index (χ1) is 9.24. The van der Waals surface area contributed by atoms with Crippen LogP contribution >= 0.6 is 0 Å². The standard InChI is InChI=1S/C14H19NO4/c16-14(17)10-19-12-4-1-3-11(7-12)8-15-9-13-5-2-6-18-13/h1,3-4,7,13,15H,2,5-6,8-10H2,(H,16,17)/t13-/m1/s1. The number of hydrogen-bond donors (Lipinski definition) is 2. The summed E-state index contributed by atoms with van der Waals surface area (Å²) < 4.78 is 10.7. The maximum Gasteiger partial charge on any atom is 0.341 e. The third-order valence-electron chi connectivity index (χ3n) is 2.99. The van der Waals surface area contributed by atoms with Crippen molar-refractivity contribution in [1.29, 1.82) is 0 Å². The molecule has 1 aliphatic rings. The molecule has 1 heterocycles.